The number of benzene rings is 1. The van der Waals surface area contributed by atoms with Crippen LogP contribution in [0, 0.1) is 11.7 Å². The summed E-state index contributed by atoms with van der Waals surface area (Å²) in [5.41, 5.74) is 5.67. The Balaban J connectivity index is 1.58. The van der Waals surface area contributed by atoms with Crippen molar-refractivity contribution in [3.05, 3.63) is 42.2 Å². The summed E-state index contributed by atoms with van der Waals surface area (Å²) in [5, 5.41) is 0. The summed E-state index contributed by atoms with van der Waals surface area (Å²) < 4.78 is 19.3. The van der Waals surface area contributed by atoms with Crippen LogP contribution >= 0.6 is 0 Å². The highest BCUT2D eigenvalue weighted by molar-refractivity contribution is 5.80. The van der Waals surface area contributed by atoms with Gasteiger partial charge >= 0.3 is 0 Å². The molecule has 0 saturated carbocycles. The molecule has 1 aliphatic rings. The lowest BCUT2D eigenvalue weighted by molar-refractivity contribution is -0.135. The van der Waals surface area contributed by atoms with Gasteiger partial charge in [-0.15, -0.1) is 0 Å². The fourth-order valence-corrected chi connectivity index (χ4v) is 3.02. The number of carbonyl (C=O) groups is 2. The zero-order chi connectivity index (χ0) is 17.8. The predicted octanol–water partition coefficient (Wildman–Crippen LogP) is 2.14. The summed E-state index contributed by atoms with van der Waals surface area (Å²) in [6, 6.07) is 6.29. The highest BCUT2D eigenvalue weighted by Gasteiger charge is 2.26. The molecule has 0 spiro atoms. The van der Waals surface area contributed by atoms with E-state index in [0.29, 0.717) is 36.7 Å². The summed E-state index contributed by atoms with van der Waals surface area (Å²) in [5.74, 6) is -0.349. The number of piperidine rings is 1. The number of halogens is 1. The van der Waals surface area contributed by atoms with Crippen molar-refractivity contribution >= 4 is 11.8 Å². The largest absolute Gasteiger partial charge is 0.441 e. The van der Waals surface area contributed by atoms with Crippen LogP contribution in [-0.2, 0) is 16.0 Å². The van der Waals surface area contributed by atoms with Crippen molar-refractivity contribution in [1.82, 2.24) is 9.88 Å². The number of aryl methyl sites for hydroxylation is 1. The molecule has 1 fully saturated rings. The fraction of sp³-hybridized carbons (Fsp3) is 0.389. The Morgan fingerprint density at radius 3 is 2.92 bits per heavy atom. The molecule has 1 aliphatic heterocycles. The summed E-state index contributed by atoms with van der Waals surface area (Å²) >= 11 is 0. The van der Waals surface area contributed by atoms with Crippen molar-refractivity contribution in [3.8, 4) is 11.3 Å². The number of carbonyl (C=O) groups excluding carboxylic acids is 2. The van der Waals surface area contributed by atoms with Crippen molar-refractivity contribution in [2.45, 2.75) is 25.7 Å². The van der Waals surface area contributed by atoms with Crippen LogP contribution in [0.15, 0.2) is 34.9 Å². The van der Waals surface area contributed by atoms with Crippen LogP contribution in [0.25, 0.3) is 11.3 Å². The highest BCUT2D eigenvalue weighted by Crippen LogP contribution is 2.24. The third-order valence-corrected chi connectivity index (χ3v) is 4.42. The van der Waals surface area contributed by atoms with E-state index in [1.54, 1.807) is 23.1 Å². The zero-order valence-electron chi connectivity index (χ0n) is 13.8. The Hall–Kier alpha value is -2.70. The molecule has 2 aromatic rings. The Labute approximate surface area is 144 Å². The minimum atomic E-state index is -0.382. The molecule has 1 atom stereocenters. The van der Waals surface area contributed by atoms with Crippen LogP contribution in [0.3, 0.4) is 0 Å². The fourth-order valence-electron chi connectivity index (χ4n) is 3.02. The summed E-state index contributed by atoms with van der Waals surface area (Å²) in [7, 11) is 0. The van der Waals surface area contributed by atoms with Gasteiger partial charge in [-0.2, -0.15) is 0 Å². The molecule has 1 aromatic heterocycles. The van der Waals surface area contributed by atoms with E-state index >= 15 is 0 Å². The first kappa shape index (κ1) is 17.1. The van der Waals surface area contributed by atoms with Crippen LogP contribution in [-0.4, -0.2) is 34.8 Å². The number of primary amides is 1. The van der Waals surface area contributed by atoms with E-state index in [1.807, 2.05) is 0 Å². The van der Waals surface area contributed by atoms with Crippen molar-refractivity contribution in [1.29, 1.82) is 0 Å². The molecule has 0 bridgehead atoms. The number of hydrogen-bond donors (Lipinski definition) is 1. The SMILES string of the molecule is NC(=O)[C@@H]1CCCN(C(=O)CCc2ncc(-c3ccccc3F)o2)C1. The van der Waals surface area contributed by atoms with Gasteiger partial charge < -0.3 is 15.1 Å². The van der Waals surface area contributed by atoms with Gasteiger partial charge in [0.15, 0.2) is 11.7 Å². The van der Waals surface area contributed by atoms with Gasteiger partial charge in [-0.3, -0.25) is 9.59 Å². The van der Waals surface area contributed by atoms with Gasteiger partial charge in [-0.1, -0.05) is 12.1 Å². The molecule has 2 N–H and O–H groups in total. The first-order valence-corrected chi connectivity index (χ1v) is 8.31. The van der Waals surface area contributed by atoms with E-state index in [4.69, 9.17) is 10.2 Å². The molecule has 0 radical (unpaired) electrons. The Bertz CT molecular complexity index is 774. The van der Waals surface area contributed by atoms with Gasteiger partial charge in [0, 0.05) is 25.9 Å². The van der Waals surface area contributed by atoms with Crippen LogP contribution < -0.4 is 5.73 Å². The number of amides is 2. The molecule has 132 valence electrons. The molecule has 25 heavy (non-hydrogen) atoms. The Morgan fingerprint density at radius 1 is 1.36 bits per heavy atom. The Kier molecular flexibility index (Phi) is 5.11. The second-order valence-corrected chi connectivity index (χ2v) is 6.18. The van der Waals surface area contributed by atoms with Crippen molar-refractivity contribution in [2.75, 3.05) is 13.1 Å². The lowest BCUT2D eigenvalue weighted by Crippen LogP contribution is -2.44. The second kappa shape index (κ2) is 7.46. The van der Waals surface area contributed by atoms with E-state index in [1.165, 1.54) is 12.3 Å². The highest BCUT2D eigenvalue weighted by atomic mass is 19.1. The number of rotatable bonds is 5. The second-order valence-electron chi connectivity index (χ2n) is 6.18. The lowest BCUT2D eigenvalue weighted by atomic mass is 9.97. The predicted molar refractivity (Wildman–Crippen MR) is 88.7 cm³/mol. The molecule has 1 aromatic carbocycles. The maximum Gasteiger partial charge on any atom is 0.223 e. The molecular weight excluding hydrogens is 325 g/mol. The molecule has 0 unspecified atom stereocenters. The average Bonchev–Trinajstić information content (AvgIpc) is 3.09. The molecule has 3 rings (SSSR count). The Morgan fingerprint density at radius 2 is 2.16 bits per heavy atom. The molecule has 1 saturated heterocycles. The number of oxazole rings is 1. The van der Waals surface area contributed by atoms with Crippen molar-refractivity contribution < 1.29 is 18.4 Å². The van der Waals surface area contributed by atoms with Crippen molar-refractivity contribution in [2.24, 2.45) is 11.7 Å². The van der Waals surface area contributed by atoms with E-state index in [-0.39, 0.29) is 30.0 Å². The third-order valence-electron chi connectivity index (χ3n) is 4.42. The first-order chi connectivity index (χ1) is 12.0. The van der Waals surface area contributed by atoms with Gasteiger partial charge in [0.2, 0.25) is 11.8 Å². The van der Waals surface area contributed by atoms with Crippen LogP contribution in [0.1, 0.15) is 25.2 Å². The first-order valence-electron chi connectivity index (χ1n) is 8.31. The number of hydrogen-bond acceptors (Lipinski definition) is 4. The number of nitrogens with zero attached hydrogens (tertiary/aromatic N) is 2. The summed E-state index contributed by atoms with van der Waals surface area (Å²) in [6.45, 7) is 1.01. The van der Waals surface area contributed by atoms with Gasteiger partial charge in [-0.25, -0.2) is 9.37 Å². The maximum atomic E-state index is 13.8. The maximum absolute atomic E-state index is 13.8. The normalized spacial score (nSPS) is 17.5. The minimum Gasteiger partial charge on any atom is -0.441 e. The van der Waals surface area contributed by atoms with E-state index in [9.17, 15) is 14.0 Å². The topological polar surface area (TPSA) is 89.4 Å². The summed E-state index contributed by atoms with van der Waals surface area (Å²) in [4.78, 5) is 29.4. The number of nitrogens with two attached hydrogens (primary N) is 1. The standard InChI is InChI=1S/C18H20FN3O3/c19-14-6-2-1-5-13(14)15-10-21-16(25-15)7-8-17(23)22-9-3-4-12(11-22)18(20)24/h1-2,5-6,10,12H,3-4,7-9,11H2,(H2,20,24)/t12-/m1/s1. The van der Waals surface area contributed by atoms with Crippen LogP contribution in [0.5, 0.6) is 0 Å². The lowest BCUT2D eigenvalue weighted by Gasteiger charge is -2.31. The smallest absolute Gasteiger partial charge is 0.223 e. The van der Waals surface area contributed by atoms with Gasteiger partial charge in [0.25, 0.3) is 0 Å². The number of likely N-dealkylation sites (tertiary alicyclic amines) is 1. The van der Waals surface area contributed by atoms with Crippen LogP contribution in [0.2, 0.25) is 0 Å². The van der Waals surface area contributed by atoms with Gasteiger partial charge in [0.05, 0.1) is 17.7 Å². The zero-order valence-corrected chi connectivity index (χ0v) is 13.8. The third kappa shape index (κ3) is 4.04. The molecular formula is C18H20FN3O3. The minimum absolute atomic E-state index is 0.0587. The van der Waals surface area contributed by atoms with Gasteiger partial charge in [-0.05, 0) is 25.0 Å². The van der Waals surface area contributed by atoms with E-state index < -0.39 is 0 Å². The molecule has 2 heterocycles. The van der Waals surface area contributed by atoms with Crippen LogP contribution in [0.4, 0.5) is 4.39 Å². The van der Waals surface area contributed by atoms with E-state index in [2.05, 4.69) is 4.98 Å². The quantitative estimate of drug-likeness (QED) is 0.899. The molecule has 0 aliphatic carbocycles. The number of aromatic nitrogens is 1. The average molecular weight is 345 g/mol. The monoisotopic (exact) mass is 345 g/mol. The molecule has 7 heteroatoms. The van der Waals surface area contributed by atoms with Crippen molar-refractivity contribution in [3.63, 3.8) is 0 Å². The summed E-state index contributed by atoms with van der Waals surface area (Å²) in [6.07, 6.45) is 3.51. The van der Waals surface area contributed by atoms with Gasteiger partial charge in [0.1, 0.15) is 5.82 Å². The molecule has 2 amide bonds. The van der Waals surface area contributed by atoms with E-state index in [0.717, 1.165) is 12.8 Å². The molecule has 6 nitrogen and oxygen atoms in total.